The fourth-order valence-electron chi connectivity index (χ4n) is 5.38. The number of carbonyl (C=O) groups excluding carboxylic acids is 2. The third-order valence-electron chi connectivity index (χ3n) is 7.27. The number of aromatic nitrogens is 2. The molecule has 2 heterocycles. The van der Waals surface area contributed by atoms with Gasteiger partial charge in [0.1, 0.15) is 6.61 Å². The van der Waals surface area contributed by atoms with Crippen molar-refractivity contribution in [2.75, 3.05) is 39.9 Å². The van der Waals surface area contributed by atoms with Crippen molar-refractivity contribution >= 4 is 29.2 Å². The summed E-state index contributed by atoms with van der Waals surface area (Å²) >= 11 is 6.59. The van der Waals surface area contributed by atoms with Gasteiger partial charge in [0.25, 0.3) is 0 Å². The van der Waals surface area contributed by atoms with Crippen LogP contribution in [0.2, 0.25) is 5.02 Å². The van der Waals surface area contributed by atoms with Crippen molar-refractivity contribution in [3.8, 4) is 0 Å². The summed E-state index contributed by atoms with van der Waals surface area (Å²) in [5.74, 6) is -0.249. The first-order valence-electron chi connectivity index (χ1n) is 13.7. The van der Waals surface area contributed by atoms with E-state index in [1.807, 2.05) is 49.7 Å². The summed E-state index contributed by atoms with van der Waals surface area (Å²) in [6, 6.07) is 5.40. The minimum atomic E-state index is -0.519. The van der Waals surface area contributed by atoms with E-state index in [4.69, 9.17) is 26.8 Å². The van der Waals surface area contributed by atoms with Crippen LogP contribution >= 0.6 is 11.6 Å². The van der Waals surface area contributed by atoms with Crippen LogP contribution in [0.4, 0.5) is 4.79 Å². The van der Waals surface area contributed by atoms with Crippen molar-refractivity contribution < 1.29 is 19.1 Å². The van der Waals surface area contributed by atoms with E-state index in [-0.39, 0.29) is 30.8 Å². The minimum Gasteiger partial charge on any atom is -0.447 e. The van der Waals surface area contributed by atoms with Crippen molar-refractivity contribution in [2.24, 2.45) is 12.8 Å². The Morgan fingerprint density at radius 1 is 1.24 bits per heavy atom. The number of methoxy groups -OCH3 is 1. The summed E-state index contributed by atoms with van der Waals surface area (Å²) in [7, 11) is 3.39. The highest BCUT2D eigenvalue weighted by Gasteiger charge is 2.34. The zero-order valence-corrected chi connectivity index (χ0v) is 24.8. The number of nitrogens with zero attached hydrogens (tertiary/aromatic N) is 4. The van der Waals surface area contributed by atoms with Gasteiger partial charge < -0.3 is 30.0 Å². The summed E-state index contributed by atoms with van der Waals surface area (Å²) < 4.78 is 12.4. The van der Waals surface area contributed by atoms with E-state index in [1.54, 1.807) is 17.4 Å². The van der Waals surface area contributed by atoms with E-state index < -0.39 is 6.04 Å². The van der Waals surface area contributed by atoms with Gasteiger partial charge in [0.2, 0.25) is 5.91 Å². The highest BCUT2D eigenvalue weighted by molar-refractivity contribution is 6.30. The molecule has 1 aliphatic carbocycles. The molecule has 2 atom stereocenters. The molecule has 220 valence electrons. The van der Waals surface area contributed by atoms with Gasteiger partial charge in [-0.3, -0.25) is 9.69 Å². The number of nitrogens with two attached hydrogens (primary N) is 1. The Balaban J connectivity index is 1.77. The van der Waals surface area contributed by atoms with Gasteiger partial charge in [0.05, 0.1) is 30.4 Å². The van der Waals surface area contributed by atoms with Gasteiger partial charge in [0, 0.05) is 51.4 Å². The normalized spacial score (nSPS) is 19.7. The van der Waals surface area contributed by atoms with Crippen molar-refractivity contribution in [1.82, 2.24) is 24.7 Å². The molecule has 1 aliphatic heterocycles. The van der Waals surface area contributed by atoms with Gasteiger partial charge in [0.15, 0.2) is 0 Å². The maximum atomic E-state index is 12.9. The summed E-state index contributed by atoms with van der Waals surface area (Å²) in [5.41, 5.74) is 10.5. The first-order chi connectivity index (χ1) is 19.7. The van der Waals surface area contributed by atoms with Gasteiger partial charge in [-0.25, -0.2) is 9.78 Å². The van der Waals surface area contributed by atoms with Crippen LogP contribution in [0.15, 0.2) is 60.7 Å². The minimum absolute atomic E-state index is 0.00132. The highest BCUT2D eigenvalue weighted by atomic mass is 35.5. The molecule has 11 heteroatoms. The Labute approximate surface area is 246 Å². The summed E-state index contributed by atoms with van der Waals surface area (Å²) in [5, 5.41) is 3.74. The third-order valence-corrected chi connectivity index (χ3v) is 7.50. The molecule has 1 aromatic heterocycles. The molecule has 41 heavy (non-hydrogen) atoms. The van der Waals surface area contributed by atoms with Gasteiger partial charge >= 0.3 is 6.09 Å². The zero-order valence-electron chi connectivity index (χ0n) is 24.0. The van der Waals surface area contributed by atoms with Crippen LogP contribution in [0.25, 0.3) is 5.57 Å². The second kappa shape index (κ2) is 13.8. The number of nitrogens with one attached hydrogen (secondary N) is 1. The molecule has 1 saturated heterocycles. The number of fused-ring (bicyclic) bond motifs is 1. The zero-order chi connectivity index (χ0) is 29.5. The number of piperazine rings is 1. The summed E-state index contributed by atoms with van der Waals surface area (Å²) in [6.45, 7) is 6.14. The van der Waals surface area contributed by atoms with Gasteiger partial charge in [-0.2, -0.15) is 0 Å². The molecule has 0 spiro atoms. The van der Waals surface area contributed by atoms with Crippen LogP contribution in [0.5, 0.6) is 0 Å². The number of aryl methyl sites for hydroxylation is 1. The number of rotatable bonds is 8. The van der Waals surface area contributed by atoms with Crippen LogP contribution in [0.1, 0.15) is 49.2 Å². The van der Waals surface area contributed by atoms with Crippen LogP contribution in [-0.4, -0.2) is 77.4 Å². The quantitative estimate of drug-likeness (QED) is 0.484. The average molecular weight is 583 g/mol. The Hall–Kier alpha value is -3.60. The molecule has 0 saturated carbocycles. The molecule has 2 amide bonds. The predicted octanol–water partition coefficient (Wildman–Crippen LogP) is 3.97. The Morgan fingerprint density at radius 2 is 2.00 bits per heavy atom. The monoisotopic (exact) mass is 582 g/mol. The second-order valence-electron chi connectivity index (χ2n) is 10.5. The van der Waals surface area contributed by atoms with E-state index >= 15 is 0 Å². The molecule has 3 N–H and O–H groups in total. The molecule has 2 aliphatic rings. The van der Waals surface area contributed by atoms with Gasteiger partial charge in [-0.15, -0.1) is 0 Å². The molecule has 0 bridgehead atoms. The van der Waals surface area contributed by atoms with E-state index in [0.29, 0.717) is 37.6 Å². The molecule has 2 unspecified atom stereocenters. The molecule has 4 rings (SSSR count). The van der Waals surface area contributed by atoms with Gasteiger partial charge in [-0.05, 0) is 67.0 Å². The van der Waals surface area contributed by atoms with E-state index in [9.17, 15) is 9.59 Å². The van der Waals surface area contributed by atoms with Crippen LogP contribution in [0, 0.1) is 0 Å². The van der Waals surface area contributed by atoms with E-state index in [1.165, 1.54) is 13.3 Å². The molecule has 1 aromatic carbocycles. The average Bonchev–Trinajstić information content (AvgIpc) is 3.30. The number of carbonyl (C=O) groups is 2. The van der Waals surface area contributed by atoms with Crippen LogP contribution in [-0.2, 0) is 21.3 Å². The lowest BCUT2D eigenvalue weighted by atomic mass is 9.90. The van der Waals surface area contributed by atoms with Gasteiger partial charge in [-0.1, -0.05) is 29.8 Å². The Morgan fingerprint density at radius 3 is 2.63 bits per heavy atom. The number of hydrogen-bond acceptors (Lipinski definition) is 7. The number of allylic oxidation sites excluding steroid dienone is 3. The largest absolute Gasteiger partial charge is 0.447 e. The van der Waals surface area contributed by atoms with Crippen molar-refractivity contribution in [3.05, 3.63) is 82.6 Å². The van der Waals surface area contributed by atoms with Crippen molar-refractivity contribution in [1.29, 1.82) is 0 Å². The van der Waals surface area contributed by atoms with Crippen molar-refractivity contribution in [3.63, 3.8) is 0 Å². The van der Waals surface area contributed by atoms with Crippen LogP contribution in [0.3, 0.4) is 0 Å². The Bertz CT molecular complexity index is 1330. The lowest BCUT2D eigenvalue weighted by Gasteiger charge is -2.39. The number of ether oxygens (including phenoxy) is 2. The maximum Gasteiger partial charge on any atom is 0.410 e. The first kappa shape index (κ1) is 30.4. The van der Waals surface area contributed by atoms with E-state index in [2.05, 4.69) is 27.3 Å². The molecule has 0 radical (unpaired) electrons. The third kappa shape index (κ3) is 7.38. The summed E-state index contributed by atoms with van der Waals surface area (Å²) in [6.07, 6.45) is 11.1. The lowest BCUT2D eigenvalue weighted by molar-refractivity contribution is -0.125. The lowest BCUT2D eigenvalue weighted by Crippen LogP contribution is -2.50. The number of hydrogen-bond donors (Lipinski definition) is 2. The second-order valence-corrected chi connectivity index (χ2v) is 10.9. The first-order valence-corrected chi connectivity index (χ1v) is 14.1. The smallest absolute Gasteiger partial charge is 0.410 e. The molecular formula is C30H39ClN6O4. The fraction of sp³-hybridized carbons (Fsp3) is 0.433. The maximum absolute atomic E-state index is 12.9. The number of amides is 2. The number of imidazole rings is 1. The van der Waals surface area contributed by atoms with E-state index in [0.717, 1.165) is 28.0 Å². The standard InChI is InChI=1S/C30H39ClN6O4/c1-20(2)41-30(39)37-12-10-36(11-13-37)26-15-21(6-5-9-32)14-25(24-16-22(31)7-8-23(24)26)29(34-28(38)18-40-4)27-17-33-19-35(27)3/h5-9,14,16-17,19-20,26,29H,10-13,15,18,32H2,1-4H3,(H,34,38)/b9-5-,21-6-. The molecule has 10 nitrogen and oxygen atoms in total. The Kier molecular flexibility index (Phi) is 10.3. The molecular weight excluding hydrogens is 544 g/mol. The summed E-state index contributed by atoms with van der Waals surface area (Å²) in [4.78, 5) is 33.9. The topological polar surface area (TPSA) is 115 Å². The number of halogens is 1. The van der Waals surface area contributed by atoms with Crippen molar-refractivity contribution in [2.45, 2.75) is 38.5 Å². The molecule has 2 aromatic rings. The van der Waals surface area contributed by atoms with Crippen LogP contribution < -0.4 is 11.1 Å². The highest BCUT2D eigenvalue weighted by Crippen LogP contribution is 2.43. The SMILES string of the molecule is COCC(=O)NC(C1=C/C(=C/C=C\N)CC(N2CCN(C(=O)OC(C)C)CC2)c2ccc(Cl)cc21)c1cncn1C. The molecule has 1 fully saturated rings. The number of benzene rings is 1. The fourth-order valence-corrected chi connectivity index (χ4v) is 5.55. The predicted molar refractivity (Wildman–Crippen MR) is 159 cm³/mol.